The average molecular weight is 464 g/mol. The van der Waals surface area contributed by atoms with Crippen LogP contribution in [0.5, 0.6) is 0 Å². The van der Waals surface area contributed by atoms with Crippen molar-refractivity contribution in [1.29, 1.82) is 0 Å². The van der Waals surface area contributed by atoms with Crippen LogP contribution in [-0.2, 0) is 19.1 Å². The largest absolute Gasteiger partial charge is 0.630 e. The van der Waals surface area contributed by atoms with E-state index in [2.05, 4.69) is 0 Å². The third kappa shape index (κ3) is 16.6. The number of rotatable bonds is 13. The molecule has 0 aliphatic rings. The van der Waals surface area contributed by atoms with E-state index in [1.165, 1.54) is 5.80 Å². The fourth-order valence-electron chi connectivity index (χ4n) is 1.98. The van der Waals surface area contributed by atoms with Gasteiger partial charge in [-0.25, -0.2) is 9.59 Å². The summed E-state index contributed by atoms with van der Waals surface area (Å²) in [6.45, 7) is 3.28. The van der Waals surface area contributed by atoms with Crippen molar-refractivity contribution >= 4 is 38.6 Å². The Hall–Kier alpha value is -1.14. The van der Waals surface area contributed by atoms with Crippen LogP contribution in [0.4, 0.5) is 0 Å². The first-order chi connectivity index (χ1) is 13.7. The molecule has 2 atom stereocenters. The zero-order valence-corrected chi connectivity index (χ0v) is 21.2. The number of carbonyl (C=O) groups is 2. The molecule has 0 rings (SSSR count). The lowest BCUT2D eigenvalue weighted by molar-refractivity contribution is -0.867. The van der Waals surface area contributed by atoms with Crippen molar-refractivity contribution in [2.24, 2.45) is 0 Å². The van der Waals surface area contributed by atoms with Crippen molar-refractivity contribution < 1.29 is 37.8 Å². The highest BCUT2D eigenvalue weighted by Gasteiger charge is 2.15. The molecule has 0 saturated carbocycles. The summed E-state index contributed by atoms with van der Waals surface area (Å²) in [6.07, 6.45) is 3.57. The van der Waals surface area contributed by atoms with Gasteiger partial charge in [-0.05, 0) is 0 Å². The van der Waals surface area contributed by atoms with Crippen molar-refractivity contribution in [2.45, 2.75) is 13.3 Å². The van der Waals surface area contributed by atoms with Gasteiger partial charge in [0.05, 0.1) is 57.8 Å². The molecule has 0 aliphatic heterocycles. The van der Waals surface area contributed by atoms with Crippen molar-refractivity contribution in [3.8, 4) is 0 Å². The Labute approximate surface area is 183 Å². The van der Waals surface area contributed by atoms with E-state index in [9.17, 15) is 19.4 Å². The van der Waals surface area contributed by atoms with Crippen LogP contribution in [0.2, 0.25) is 0 Å². The SMILES string of the molecule is CCC(COC(=O)/C=C/C(=O)OCC=[P+]([O-])CC[N+](C)(C)C)=[P+]([O-])CC[N+](C)(C)C. The van der Waals surface area contributed by atoms with Gasteiger partial charge in [-0.2, -0.15) is 0 Å². The predicted octanol–water partition coefficient (Wildman–Crippen LogP) is -0.0596. The Bertz CT molecular complexity index is 661. The molecule has 0 spiro atoms. The molecule has 10 heteroatoms. The minimum absolute atomic E-state index is 0.0262. The normalized spacial score (nSPS) is 14.0. The summed E-state index contributed by atoms with van der Waals surface area (Å²) in [7, 11) is 9.01. The second-order valence-corrected chi connectivity index (χ2v) is 12.4. The molecule has 0 fully saturated rings. The zero-order valence-electron chi connectivity index (χ0n) is 19.4. The van der Waals surface area contributed by atoms with E-state index in [4.69, 9.17) is 9.47 Å². The van der Waals surface area contributed by atoms with Gasteiger partial charge in [0.25, 0.3) is 0 Å². The highest BCUT2D eigenvalue weighted by atomic mass is 31.1. The maximum atomic E-state index is 12.4. The molecule has 0 amide bonds. The van der Waals surface area contributed by atoms with Crippen LogP contribution in [0, 0.1) is 0 Å². The number of esters is 2. The monoisotopic (exact) mass is 464 g/mol. The van der Waals surface area contributed by atoms with E-state index in [-0.39, 0.29) is 13.2 Å². The number of ether oxygens (including phenoxy) is 2. The first-order valence-corrected chi connectivity index (χ1v) is 12.9. The number of carbonyl (C=O) groups excluding carboxylic acids is 2. The van der Waals surface area contributed by atoms with Crippen LogP contribution in [0.1, 0.15) is 13.3 Å². The van der Waals surface area contributed by atoms with Crippen LogP contribution in [-0.4, -0.2) is 113 Å². The molecule has 0 aliphatic carbocycles. The van der Waals surface area contributed by atoms with Gasteiger partial charge in [0.15, 0.2) is 18.9 Å². The predicted molar refractivity (Wildman–Crippen MR) is 122 cm³/mol. The summed E-state index contributed by atoms with van der Waals surface area (Å²) < 4.78 is 11.4. The first-order valence-electron chi connectivity index (χ1n) is 9.92. The number of quaternary nitrogens is 2. The molecule has 0 aromatic carbocycles. The van der Waals surface area contributed by atoms with Gasteiger partial charge >= 0.3 is 11.9 Å². The van der Waals surface area contributed by atoms with E-state index in [0.29, 0.717) is 33.0 Å². The van der Waals surface area contributed by atoms with E-state index in [1.807, 2.05) is 49.2 Å². The van der Waals surface area contributed by atoms with Crippen molar-refractivity contribution in [1.82, 2.24) is 0 Å². The topological polar surface area (TPSA) is 98.7 Å². The summed E-state index contributed by atoms with van der Waals surface area (Å²) >= 11 is 0. The van der Waals surface area contributed by atoms with E-state index in [0.717, 1.165) is 25.2 Å². The third-order valence-corrected chi connectivity index (χ3v) is 6.92. The fourth-order valence-corrected chi connectivity index (χ4v) is 4.86. The number of hydrogen-bond donors (Lipinski definition) is 0. The van der Waals surface area contributed by atoms with Crippen LogP contribution < -0.4 is 9.79 Å². The van der Waals surface area contributed by atoms with Gasteiger partial charge in [0.1, 0.15) is 30.8 Å². The van der Waals surface area contributed by atoms with Crippen LogP contribution in [0.3, 0.4) is 0 Å². The number of nitrogens with zero attached hydrogens (tertiary/aromatic N) is 2. The molecule has 8 nitrogen and oxygen atoms in total. The lowest BCUT2D eigenvalue weighted by Gasteiger charge is -2.22. The standard InChI is InChI=1S/C20H38N2O6P2/c1-8-18(30(26)15-12-22(5,6)7)17-28-20(24)10-9-19(23)27-13-16-29(25)14-11-21(2,3)4/h9-10,16H,8,11-15,17H2,1-7H3/q+2/b10-9+. The Morgan fingerprint density at radius 1 is 0.867 bits per heavy atom. The average Bonchev–Trinajstić information content (AvgIpc) is 2.62. The van der Waals surface area contributed by atoms with Crippen molar-refractivity contribution in [2.75, 3.05) is 80.9 Å². The van der Waals surface area contributed by atoms with E-state index < -0.39 is 27.5 Å². The molecule has 0 saturated heterocycles. The van der Waals surface area contributed by atoms with Crippen molar-refractivity contribution in [3.63, 3.8) is 0 Å². The Morgan fingerprint density at radius 2 is 1.37 bits per heavy atom. The fraction of sp³-hybridized carbons (Fsp3) is 0.700. The minimum atomic E-state index is -1.56. The van der Waals surface area contributed by atoms with Gasteiger partial charge < -0.3 is 28.2 Å². The van der Waals surface area contributed by atoms with Gasteiger partial charge in [-0.1, -0.05) is 6.92 Å². The van der Waals surface area contributed by atoms with E-state index in [1.54, 1.807) is 0 Å². The lowest BCUT2D eigenvalue weighted by atomic mass is 10.3. The lowest BCUT2D eigenvalue weighted by Crippen LogP contribution is -2.37. The van der Waals surface area contributed by atoms with Crippen molar-refractivity contribution in [3.05, 3.63) is 12.2 Å². The van der Waals surface area contributed by atoms with Gasteiger partial charge in [0.2, 0.25) is 0 Å². The molecule has 0 N–H and O–H groups in total. The minimum Gasteiger partial charge on any atom is -0.630 e. The Balaban J connectivity index is 4.41. The maximum Gasteiger partial charge on any atom is 0.331 e. The summed E-state index contributed by atoms with van der Waals surface area (Å²) in [4.78, 5) is 47.6. The third-order valence-electron chi connectivity index (χ3n) is 3.97. The first kappa shape index (κ1) is 28.9. The molecule has 0 aromatic heterocycles. The summed E-state index contributed by atoms with van der Waals surface area (Å²) in [5.41, 5.74) is 0. The highest BCUT2D eigenvalue weighted by Crippen LogP contribution is 2.17. The van der Waals surface area contributed by atoms with Gasteiger partial charge in [-0.3, -0.25) is 0 Å². The maximum absolute atomic E-state index is 12.4. The Kier molecular flexibility index (Phi) is 13.5. The number of hydrogen-bond acceptors (Lipinski definition) is 6. The molecule has 2 unspecified atom stereocenters. The van der Waals surface area contributed by atoms with Crippen LogP contribution >= 0.6 is 15.5 Å². The molecule has 172 valence electrons. The molecule has 0 radical (unpaired) electrons. The van der Waals surface area contributed by atoms with E-state index >= 15 is 0 Å². The molecular weight excluding hydrogens is 426 g/mol. The summed E-state index contributed by atoms with van der Waals surface area (Å²) in [5, 5.41) is 0.690. The molecule has 0 aromatic rings. The van der Waals surface area contributed by atoms with Gasteiger partial charge in [-0.15, -0.1) is 0 Å². The highest BCUT2D eigenvalue weighted by molar-refractivity contribution is 7.51. The molecule has 30 heavy (non-hydrogen) atoms. The van der Waals surface area contributed by atoms with Crippen LogP contribution in [0.25, 0.3) is 0 Å². The van der Waals surface area contributed by atoms with Crippen LogP contribution in [0.15, 0.2) is 12.2 Å². The Morgan fingerprint density at radius 3 is 1.87 bits per heavy atom. The zero-order chi connectivity index (χ0) is 23.4. The second kappa shape index (κ2) is 14.0. The summed E-state index contributed by atoms with van der Waals surface area (Å²) in [5.74, 6) is 0.0440. The molecule has 0 heterocycles. The molecule has 0 bridgehead atoms. The smallest absolute Gasteiger partial charge is 0.331 e. The summed E-state index contributed by atoms with van der Waals surface area (Å²) in [6, 6.07) is 0. The quantitative estimate of drug-likeness (QED) is 0.164. The van der Waals surface area contributed by atoms with Gasteiger partial charge in [0, 0.05) is 18.6 Å². The second-order valence-electron chi connectivity index (χ2n) is 8.94. The molecular formula is C20H38N2O6P2+2.